The summed E-state index contributed by atoms with van der Waals surface area (Å²) in [5.74, 6) is 0.583. The van der Waals surface area contributed by atoms with Crippen LogP contribution in [0.4, 0.5) is 11.5 Å². The molecule has 0 saturated carbocycles. The topological polar surface area (TPSA) is 94.1 Å². The minimum atomic E-state index is -0.443. The lowest BCUT2D eigenvalue weighted by Crippen LogP contribution is -2.21. The highest BCUT2D eigenvalue weighted by atomic mass is 16.6. The summed E-state index contributed by atoms with van der Waals surface area (Å²) >= 11 is 0. The van der Waals surface area contributed by atoms with E-state index in [1.807, 2.05) is 30.3 Å². The number of hydrogen-bond donors (Lipinski definition) is 2. The van der Waals surface area contributed by atoms with Crippen LogP contribution in [0.1, 0.15) is 17.2 Å². The lowest BCUT2D eigenvalue weighted by Gasteiger charge is -2.13. The second-order valence-electron chi connectivity index (χ2n) is 4.51. The molecule has 0 aliphatic heterocycles. The van der Waals surface area contributed by atoms with Crippen molar-refractivity contribution < 1.29 is 4.92 Å². The number of benzene rings is 1. The summed E-state index contributed by atoms with van der Waals surface area (Å²) in [6.45, 7) is 2.19. The summed E-state index contributed by atoms with van der Waals surface area (Å²) in [7, 11) is 0. The highest BCUT2D eigenvalue weighted by Crippen LogP contribution is 2.19. The predicted octanol–water partition coefficient (Wildman–Crippen LogP) is 2.41. The van der Waals surface area contributed by atoms with Gasteiger partial charge in [0.25, 0.3) is 5.69 Å². The molecule has 0 bridgehead atoms. The molecule has 0 radical (unpaired) electrons. The molecule has 1 aromatic heterocycles. The van der Waals surface area contributed by atoms with Crippen LogP contribution in [0.25, 0.3) is 0 Å². The summed E-state index contributed by atoms with van der Waals surface area (Å²) in [5, 5.41) is 13.8. The van der Waals surface area contributed by atoms with Gasteiger partial charge in [-0.25, -0.2) is 4.98 Å². The fourth-order valence-electron chi connectivity index (χ4n) is 1.87. The lowest BCUT2D eigenvalue weighted by atomic mass is 10.1. The number of rotatable bonds is 5. The second-order valence-corrected chi connectivity index (χ2v) is 4.51. The molecule has 0 spiro atoms. The SMILES string of the molecule is Cc1cc(NCC(N)c2ccccc2)ncc1[N+](=O)[O-]. The van der Waals surface area contributed by atoms with E-state index in [1.165, 1.54) is 6.20 Å². The predicted molar refractivity (Wildman–Crippen MR) is 77.5 cm³/mol. The lowest BCUT2D eigenvalue weighted by molar-refractivity contribution is -0.385. The van der Waals surface area contributed by atoms with Crippen LogP contribution in [-0.2, 0) is 0 Å². The van der Waals surface area contributed by atoms with Crippen LogP contribution in [0.3, 0.4) is 0 Å². The van der Waals surface area contributed by atoms with Crippen molar-refractivity contribution in [3.05, 3.63) is 63.8 Å². The van der Waals surface area contributed by atoms with E-state index >= 15 is 0 Å². The Bertz CT molecular complexity index is 601. The Balaban J connectivity index is 2.01. The number of aryl methyl sites for hydroxylation is 1. The normalized spacial score (nSPS) is 11.9. The van der Waals surface area contributed by atoms with E-state index in [9.17, 15) is 10.1 Å². The number of nitro groups is 1. The average Bonchev–Trinajstić information content (AvgIpc) is 2.45. The average molecular weight is 272 g/mol. The maximum absolute atomic E-state index is 10.7. The van der Waals surface area contributed by atoms with E-state index in [1.54, 1.807) is 13.0 Å². The largest absolute Gasteiger partial charge is 0.368 e. The molecule has 1 heterocycles. The van der Waals surface area contributed by atoms with Crippen molar-refractivity contribution in [2.24, 2.45) is 5.73 Å². The number of pyridine rings is 1. The highest BCUT2D eigenvalue weighted by Gasteiger charge is 2.12. The molecule has 2 rings (SSSR count). The Morgan fingerprint density at radius 2 is 2.10 bits per heavy atom. The van der Waals surface area contributed by atoms with Crippen molar-refractivity contribution in [3.8, 4) is 0 Å². The maximum Gasteiger partial charge on any atom is 0.290 e. The molecule has 0 aliphatic rings. The van der Waals surface area contributed by atoms with Crippen LogP contribution in [0.15, 0.2) is 42.6 Å². The van der Waals surface area contributed by atoms with Crippen LogP contribution < -0.4 is 11.1 Å². The molecule has 6 heteroatoms. The van der Waals surface area contributed by atoms with E-state index in [0.29, 0.717) is 17.9 Å². The zero-order valence-corrected chi connectivity index (χ0v) is 11.1. The first-order chi connectivity index (χ1) is 9.58. The molecule has 104 valence electrons. The first-order valence-electron chi connectivity index (χ1n) is 6.23. The molecule has 1 aromatic carbocycles. The van der Waals surface area contributed by atoms with Crippen molar-refractivity contribution >= 4 is 11.5 Å². The Morgan fingerprint density at radius 3 is 2.70 bits per heavy atom. The number of nitrogens with two attached hydrogens (primary N) is 1. The van der Waals surface area contributed by atoms with Gasteiger partial charge in [0.1, 0.15) is 12.0 Å². The summed E-state index contributed by atoms with van der Waals surface area (Å²) < 4.78 is 0. The number of nitrogens with zero attached hydrogens (tertiary/aromatic N) is 2. The molecule has 1 atom stereocenters. The molecule has 0 saturated heterocycles. The molecule has 3 N–H and O–H groups in total. The monoisotopic (exact) mass is 272 g/mol. The minimum Gasteiger partial charge on any atom is -0.368 e. The molecule has 0 amide bonds. The number of anilines is 1. The first-order valence-corrected chi connectivity index (χ1v) is 6.23. The van der Waals surface area contributed by atoms with E-state index < -0.39 is 4.92 Å². The molecule has 20 heavy (non-hydrogen) atoms. The standard InChI is InChI=1S/C14H16N4O2/c1-10-7-14(17-9-13(10)18(19)20)16-8-12(15)11-5-3-2-4-6-11/h2-7,9,12H,8,15H2,1H3,(H,16,17). The van der Waals surface area contributed by atoms with Gasteiger partial charge in [-0.1, -0.05) is 30.3 Å². The van der Waals surface area contributed by atoms with Gasteiger partial charge >= 0.3 is 0 Å². The summed E-state index contributed by atoms with van der Waals surface area (Å²) in [6.07, 6.45) is 1.26. The Hall–Kier alpha value is -2.47. The van der Waals surface area contributed by atoms with E-state index in [0.717, 1.165) is 5.56 Å². The van der Waals surface area contributed by atoms with Crippen LogP contribution in [-0.4, -0.2) is 16.5 Å². The van der Waals surface area contributed by atoms with Gasteiger partial charge in [0.2, 0.25) is 0 Å². The van der Waals surface area contributed by atoms with Gasteiger partial charge in [0.05, 0.1) is 4.92 Å². The van der Waals surface area contributed by atoms with Crippen molar-refractivity contribution in [3.63, 3.8) is 0 Å². The highest BCUT2D eigenvalue weighted by molar-refractivity contribution is 5.47. The van der Waals surface area contributed by atoms with Crippen molar-refractivity contribution in [2.45, 2.75) is 13.0 Å². The van der Waals surface area contributed by atoms with Gasteiger partial charge < -0.3 is 11.1 Å². The van der Waals surface area contributed by atoms with Gasteiger partial charge in [-0.05, 0) is 18.6 Å². The maximum atomic E-state index is 10.7. The molecule has 0 aliphatic carbocycles. The minimum absolute atomic E-state index is 0.0166. The van der Waals surface area contributed by atoms with Crippen molar-refractivity contribution in [1.82, 2.24) is 4.98 Å². The third-order valence-corrected chi connectivity index (χ3v) is 3.01. The van der Waals surface area contributed by atoms with Gasteiger partial charge in [0.15, 0.2) is 0 Å². The quantitative estimate of drug-likeness (QED) is 0.644. The van der Waals surface area contributed by atoms with Gasteiger partial charge in [-0.2, -0.15) is 0 Å². The van der Waals surface area contributed by atoms with Crippen LogP contribution in [0.5, 0.6) is 0 Å². The number of hydrogen-bond acceptors (Lipinski definition) is 5. The van der Waals surface area contributed by atoms with E-state index in [4.69, 9.17) is 5.73 Å². The van der Waals surface area contributed by atoms with E-state index in [2.05, 4.69) is 10.3 Å². The van der Waals surface area contributed by atoms with Crippen molar-refractivity contribution in [2.75, 3.05) is 11.9 Å². The number of aromatic nitrogens is 1. The summed E-state index contributed by atoms with van der Waals surface area (Å²) in [6, 6.07) is 11.2. The third kappa shape index (κ3) is 3.30. The first kappa shape index (κ1) is 14.0. The van der Waals surface area contributed by atoms with Crippen molar-refractivity contribution in [1.29, 1.82) is 0 Å². The second kappa shape index (κ2) is 6.12. The molecule has 2 aromatic rings. The molecular formula is C14H16N4O2. The van der Waals surface area contributed by atoms with Crippen LogP contribution in [0, 0.1) is 17.0 Å². The molecule has 1 unspecified atom stereocenters. The summed E-state index contributed by atoms with van der Waals surface area (Å²) in [4.78, 5) is 14.3. The van der Waals surface area contributed by atoms with Gasteiger partial charge in [-0.3, -0.25) is 10.1 Å². The fraction of sp³-hybridized carbons (Fsp3) is 0.214. The Kier molecular flexibility index (Phi) is 4.27. The van der Waals surface area contributed by atoms with Crippen LogP contribution in [0.2, 0.25) is 0 Å². The summed E-state index contributed by atoms with van der Waals surface area (Å²) in [5.41, 5.74) is 7.67. The Morgan fingerprint density at radius 1 is 1.40 bits per heavy atom. The van der Waals surface area contributed by atoms with Crippen LogP contribution >= 0.6 is 0 Å². The Labute approximate surface area is 116 Å². The molecule has 6 nitrogen and oxygen atoms in total. The van der Waals surface area contributed by atoms with Gasteiger partial charge in [0, 0.05) is 18.2 Å². The zero-order valence-electron chi connectivity index (χ0n) is 11.1. The fourth-order valence-corrected chi connectivity index (χ4v) is 1.87. The van der Waals surface area contributed by atoms with Gasteiger partial charge in [-0.15, -0.1) is 0 Å². The van der Waals surface area contributed by atoms with E-state index in [-0.39, 0.29) is 11.7 Å². The molecular weight excluding hydrogens is 256 g/mol. The smallest absolute Gasteiger partial charge is 0.290 e. The molecule has 0 fully saturated rings. The zero-order chi connectivity index (χ0) is 14.5. The number of nitrogens with one attached hydrogen (secondary N) is 1. The third-order valence-electron chi connectivity index (χ3n) is 3.01.